The maximum absolute atomic E-state index is 12.4. The van der Waals surface area contributed by atoms with E-state index in [1.807, 2.05) is 4.90 Å². The SMILES string of the molecule is COCCN(CC1CCCO1)C(=O)C1CC=CC1. The Labute approximate surface area is 109 Å². The molecule has 1 unspecified atom stereocenters. The third-order valence-corrected chi connectivity index (χ3v) is 3.68. The minimum absolute atomic E-state index is 0.142. The van der Waals surface area contributed by atoms with E-state index in [1.165, 1.54) is 0 Å². The van der Waals surface area contributed by atoms with Crippen LogP contribution in [0.1, 0.15) is 25.7 Å². The summed E-state index contributed by atoms with van der Waals surface area (Å²) in [5, 5.41) is 0. The summed E-state index contributed by atoms with van der Waals surface area (Å²) >= 11 is 0. The fourth-order valence-corrected chi connectivity index (χ4v) is 2.60. The van der Waals surface area contributed by atoms with Crippen LogP contribution in [0.4, 0.5) is 0 Å². The van der Waals surface area contributed by atoms with Crippen molar-refractivity contribution < 1.29 is 14.3 Å². The van der Waals surface area contributed by atoms with Gasteiger partial charge in [-0.1, -0.05) is 12.2 Å². The third kappa shape index (κ3) is 3.56. The number of amides is 1. The molecule has 2 rings (SSSR count). The van der Waals surface area contributed by atoms with Gasteiger partial charge in [0.25, 0.3) is 0 Å². The van der Waals surface area contributed by atoms with Crippen LogP contribution in [0.2, 0.25) is 0 Å². The van der Waals surface area contributed by atoms with Gasteiger partial charge in [0.1, 0.15) is 0 Å². The molecule has 4 nitrogen and oxygen atoms in total. The fraction of sp³-hybridized carbons (Fsp3) is 0.786. The average Bonchev–Trinajstić information content (AvgIpc) is 3.06. The normalized spacial score (nSPS) is 23.7. The molecule has 0 radical (unpaired) electrons. The molecule has 2 aliphatic rings. The number of nitrogens with zero attached hydrogens (tertiary/aromatic N) is 1. The van der Waals surface area contributed by atoms with Crippen LogP contribution in [0, 0.1) is 5.92 Å². The predicted molar refractivity (Wildman–Crippen MR) is 69.3 cm³/mol. The van der Waals surface area contributed by atoms with E-state index in [4.69, 9.17) is 9.47 Å². The van der Waals surface area contributed by atoms with Crippen LogP contribution in [-0.4, -0.2) is 50.3 Å². The van der Waals surface area contributed by atoms with Gasteiger partial charge >= 0.3 is 0 Å². The molecule has 4 heteroatoms. The maximum Gasteiger partial charge on any atom is 0.226 e. The van der Waals surface area contributed by atoms with Crippen molar-refractivity contribution in [3.63, 3.8) is 0 Å². The van der Waals surface area contributed by atoms with Gasteiger partial charge in [-0.15, -0.1) is 0 Å². The summed E-state index contributed by atoms with van der Waals surface area (Å²) in [7, 11) is 1.67. The molecule has 1 amide bonds. The zero-order valence-electron chi connectivity index (χ0n) is 11.1. The van der Waals surface area contributed by atoms with Crippen molar-refractivity contribution in [2.75, 3.05) is 33.4 Å². The summed E-state index contributed by atoms with van der Waals surface area (Å²) in [5.41, 5.74) is 0. The van der Waals surface area contributed by atoms with Crippen LogP contribution >= 0.6 is 0 Å². The van der Waals surface area contributed by atoms with Gasteiger partial charge in [0, 0.05) is 32.7 Å². The zero-order chi connectivity index (χ0) is 12.8. The minimum atomic E-state index is 0.142. The van der Waals surface area contributed by atoms with Crippen molar-refractivity contribution in [3.05, 3.63) is 12.2 Å². The molecule has 1 heterocycles. The van der Waals surface area contributed by atoms with Gasteiger partial charge in [-0.25, -0.2) is 0 Å². The van der Waals surface area contributed by atoms with Crippen LogP contribution in [0.5, 0.6) is 0 Å². The molecule has 0 aromatic carbocycles. The van der Waals surface area contributed by atoms with Crippen LogP contribution in [0.3, 0.4) is 0 Å². The Hall–Kier alpha value is -0.870. The molecule has 1 aliphatic heterocycles. The highest BCUT2D eigenvalue weighted by Crippen LogP contribution is 2.22. The van der Waals surface area contributed by atoms with Crippen molar-refractivity contribution in [1.82, 2.24) is 4.90 Å². The van der Waals surface area contributed by atoms with E-state index in [0.717, 1.165) is 38.8 Å². The quantitative estimate of drug-likeness (QED) is 0.675. The lowest BCUT2D eigenvalue weighted by molar-refractivity contribution is -0.137. The fourth-order valence-electron chi connectivity index (χ4n) is 2.60. The molecular weight excluding hydrogens is 230 g/mol. The molecule has 18 heavy (non-hydrogen) atoms. The van der Waals surface area contributed by atoms with Gasteiger partial charge in [-0.05, 0) is 25.7 Å². The third-order valence-electron chi connectivity index (χ3n) is 3.68. The van der Waals surface area contributed by atoms with E-state index >= 15 is 0 Å². The summed E-state index contributed by atoms with van der Waals surface area (Å²) in [6, 6.07) is 0. The van der Waals surface area contributed by atoms with E-state index in [2.05, 4.69) is 12.2 Å². The number of rotatable bonds is 6. The average molecular weight is 253 g/mol. The second-order valence-corrected chi connectivity index (χ2v) is 5.05. The topological polar surface area (TPSA) is 38.8 Å². The summed E-state index contributed by atoms with van der Waals surface area (Å²) in [6.45, 7) is 2.82. The highest BCUT2D eigenvalue weighted by atomic mass is 16.5. The molecule has 1 atom stereocenters. The standard InChI is InChI=1S/C14H23NO3/c1-17-10-8-15(11-13-7-4-9-18-13)14(16)12-5-2-3-6-12/h2-3,12-13H,4-11H2,1H3. The molecule has 1 fully saturated rings. The molecule has 1 saturated heterocycles. The number of ether oxygens (including phenoxy) is 2. The van der Waals surface area contributed by atoms with E-state index in [-0.39, 0.29) is 17.9 Å². The van der Waals surface area contributed by atoms with Gasteiger partial charge in [0.05, 0.1) is 12.7 Å². The van der Waals surface area contributed by atoms with Crippen LogP contribution in [0.15, 0.2) is 12.2 Å². The van der Waals surface area contributed by atoms with Gasteiger partial charge < -0.3 is 14.4 Å². The number of allylic oxidation sites excluding steroid dienone is 2. The van der Waals surface area contributed by atoms with Gasteiger partial charge in [-0.3, -0.25) is 4.79 Å². The molecule has 0 N–H and O–H groups in total. The molecule has 0 aromatic heterocycles. The highest BCUT2D eigenvalue weighted by Gasteiger charge is 2.27. The smallest absolute Gasteiger partial charge is 0.226 e. The lowest BCUT2D eigenvalue weighted by Crippen LogP contribution is -2.42. The second kappa shape index (κ2) is 6.90. The molecular formula is C14H23NO3. The lowest BCUT2D eigenvalue weighted by atomic mass is 10.1. The predicted octanol–water partition coefficient (Wildman–Crippen LogP) is 1.61. The molecule has 0 spiro atoms. The monoisotopic (exact) mass is 253 g/mol. The minimum Gasteiger partial charge on any atom is -0.383 e. The lowest BCUT2D eigenvalue weighted by Gasteiger charge is -2.27. The molecule has 1 aliphatic carbocycles. The number of carbonyl (C=O) groups excluding carboxylic acids is 1. The van der Waals surface area contributed by atoms with E-state index in [1.54, 1.807) is 7.11 Å². The number of hydrogen-bond acceptors (Lipinski definition) is 3. The zero-order valence-corrected chi connectivity index (χ0v) is 11.1. The largest absolute Gasteiger partial charge is 0.383 e. The Morgan fingerprint density at radius 1 is 1.44 bits per heavy atom. The van der Waals surface area contributed by atoms with Gasteiger partial charge in [0.15, 0.2) is 0 Å². The van der Waals surface area contributed by atoms with E-state index in [9.17, 15) is 4.79 Å². The molecule has 0 aromatic rings. The van der Waals surface area contributed by atoms with Crippen molar-refractivity contribution in [3.8, 4) is 0 Å². The first kappa shape index (κ1) is 13.6. The van der Waals surface area contributed by atoms with Crippen molar-refractivity contribution in [2.45, 2.75) is 31.8 Å². The molecule has 102 valence electrons. The Bertz CT molecular complexity index is 289. The summed E-state index contributed by atoms with van der Waals surface area (Å²) < 4.78 is 10.7. The van der Waals surface area contributed by atoms with Crippen LogP contribution in [-0.2, 0) is 14.3 Å². The number of carbonyl (C=O) groups is 1. The first-order chi connectivity index (χ1) is 8.81. The summed E-state index contributed by atoms with van der Waals surface area (Å²) in [4.78, 5) is 14.3. The van der Waals surface area contributed by atoms with E-state index in [0.29, 0.717) is 13.2 Å². The summed E-state index contributed by atoms with van der Waals surface area (Å²) in [6.07, 6.45) is 8.37. The second-order valence-electron chi connectivity index (χ2n) is 5.05. The Kier molecular flexibility index (Phi) is 5.20. The molecule has 0 saturated carbocycles. The Morgan fingerprint density at radius 2 is 2.22 bits per heavy atom. The van der Waals surface area contributed by atoms with Crippen LogP contribution < -0.4 is 0 Å². The van der Waals surface area contributed by atoms with Gasteiger partial charge in [-0.2, -0.15) is 0 Å². The first-order valence-corrected chi connectivity index (χ1v) is 6.85. The van der Waals surface area contributed by atoms with Crippen molar-refractivity contribution in [2.24, 2.45) is 5.92 Å². The summed E-state index contributed by atoms with van der Waals surface area (Å²) in [5.74, 6) is 0.399. The van der Waals surface area contributed by atoms with Crippen molar-refractivity contribution in [1.29, 1.82) is 0 Å². The van der Waals surface area contributed by atoms with Gasteiger partial charge in [0.2, 0.25) is 5.91 Å². The van der Waals surface area contributed by atoms with Crippen LogP contribution in [0.25, 0.3) is 0 Å². The maximum atomic E-state index is 12.4. The first-order valence-electron chi connectivity index (χ1n) is 6.85. The Balaban J connectivity index is 1.87. The molecule has 0 bridgehead atoms. The Morgan fingerprint density at radius 3 is 2.83 bits per heavy atom. The highest BCUT2D eigenvalue weighted by molar-refractivity contribution is 5.79. The number of methoxy groups -OCH3 is 1. The number of hydrogen-bond donors (Lipinski definition) is 0. The van der Waals surface area contributed by atoms with Crippen molar-refractivity contribution >= 4 is 5.91 Å². The van der Waals surface area contributed by atoms with E-state index < -0.39 is 0 Å².